The average Bonchev–Trinajstić information content (AvgIpc) is 2.59. The van der Waals surface area contributed by atoms with Crippen LogP contribution >= 0.6 is 0 Å². The van der Waals surface area contributed by atoms with Crippen LogP contribution in [0.2, 0.25) is 0 Å². The maximum absolute atomic E-state index is 11.5. The van der Waals surface area contributed by atoms with Crippen molar-refractivity contribution in [3.8, 4) is 11.5 Å². The first-order valence-corrected chi connectivity index (χ1v) is 7.81. The highest BCUT2D eigenvalue weighted by molar-refractivity contribution is 5.97. The molecule has 0 amide bonds. The minimum absolute atomic E-state index is 0.0919. The molecule has 1 aromatic heterocycles. The van der Waals surface area contributed by atoms with Crippen molar-refractivity contribution in [3.05, 3.63) is 69.4 Å². The van der Waals surface area contributed by atoms with Crippen LogP contribution in [0.5, 0.6) is 11.5 Å². The van der Waals surface area contributed by atoms with Crippen LogP contribution in [-0.2, 0) is 6.61 Å². The van der Waals surface area contributed by atoms with Crippen molar-refractivity contribution >= 4 is 16.6 Å². The fourth-order valence-corrected chi connectivity index (χ4v) is 2.85. The number of aromatic nitrogens is 1. The fraction of sp³-hybridized carbons (Fsp3) is 0.211. The van der Waals surface area contributed by atoms with Crippen LogP contribution in [0.3, 0.4) is 0 Å². The van der Waals surface area contributed by atoms with E-state index >= 15 is 0 Å². The number of ether oxygens (including phenoxy) is 2. The molecule has 2 aromatic carbocycles. The molecule has 3 rings (SSSR count). The first-order valence-electron chi connectivity index (χ1n) is 7.81. The fourth-order valence-electron chi connectivity index (χ4n) is 2.85. The summed E-state index contributed by atoms with van der Waals surface area (Å²) < 4.78 is 11.4. The molecule has 0 aliphatic heterocycles. The summed E-state index contributed by atoms with van der Waals surface area (Å²) in [7, 11) is 1.47. The second kappa shape index (κ2) is 6.76. The summed E-state index contributed by atoms with van der Waals surface area (Å²) in [5.74, 6) is 0.792. The van der Waals surface area contributed by atoms with Gasteiger partial charge in [0.1, 0.15) is 6.61 Å². The zero-order chi connectivity index (χ0) is 18.0. The molecule has 0 radical (unpaired) electrons. The van der Waals surface area contributed by atoms with Gasteiger partial charge in [0, 0.05) is 5.69 Å². The molecule has 0 saturated carbocycles. The molecule has 0 N–H and O–H groups in total. The SMILES string of the molecule is COc1cc([N+](=O)[O-])c2nc(C)cc(C)c2c1OCc1ccccc1. The first kappa shape index (κ1) is 16.7. The minimum atomic E-state index is -0.447. The summed E-state index contributed by atoms with van der Waals surface area (Å²) in [5, 5.41) is 12.1. The van der Waals surface area contributed by atoms with Gasteiger partial charge in [0.2, 0.25) is 0 Å². The molecule has 0 aliphatic rings. The first-order chi connectivity index (χ1) is 12.0. The van der Waals surface area contributed by atoms with Crippen LogP contribution in [0.4, 0.5) is 5.69 Å². The summed E-state index contributed by atoms with van der Waals surface area (Å²) >= 11 is 0. The minimum Gasteiger partial charge on any atom is -0.493 e. The van der Waals surface area contributed by atoms with Gasteiger partial charge in [-0.2, -0.15) is 0 Å². The highest BCUT2D eigenvalue weighted by atomic mass is 16.6. The zero-order valence-corrected chi connectivity index (χ0v) is 14.3. The Balaban J connectivity index is 2.19. The third kappa shape index (κ3) is 3.24. The number of non-ortho nitro benzene ring substituents is 1. The summed E-state index contributed by atoms with van der Waals surface area (Å²) in [5.41, 5.74) is 2.78. The average molecular weight is 338 g/mol. The number of aryl methyl sites for hydroxylation is 2. The normalized spacial score (nSPS) is 10.7. The molecule has 0 spiro atoms. The molecule has 0 aliphatic carbocycles. The largest absolute Gasteiger partial charge is 0.493 e. The van der Waals surface area contributed by atoms with Gasteiger partial charge in [0.05, 0.1) is 23.5 Å². The van der Waals surface area contributed by atoms with Crippen molar-refractivity contribution in [2.24, 2.45) is 0 Å². The topological polar surface area (TPSA) is 74.5 Å². The van der Waals surface area contributed by atoms with E-state index in [0.717, 1.165) is 11.1 Å². The third-order valence-electron chi connectivity index (χ3n) is 3.95. The molecular weight excluding hydrogens is 320 g/mol. The van der Waals surface area contributed by atoms with E-state index in [1.807, 2.05) is 50.2 Å². The van der Waals surface area contributed by atoms with Crippen LogP contribution in [0.25, 0.3) is 10.9 Å². The summed E-state index contributed by atoms with van der Waals surface area (Å²) in [6.07, 6.45) is 0. The van der Waals surface area contributed by atoms with Crippen molar-refractivity contribution in [2.75, 3.05) is 7.11 Å². The van der Waals surface area contributed by atoms with Crippen LogP contribution < -0.4 is 9.47 Å². The molecule has 0 saturated heterocycles. The molecule has 0 unspecified atom stereocenters. The van der Waals surface area contributed by atoms with E-state index in [-0.39, 0.29) is 5.69 Å². The molecule has 0 atom stereocenters. The second-order valence-electron chi connectivity index (χ2n) is 5.76. The molecule has 25 heavy (non-hydrogen) atoms. The number of nitrogens with zero attached hydrogens (tertiary/aromatic N) is 2. The van der Waals surface area contributed by atoms with Gasteiger partial charge in [0.15, 0.2) is 17.0 Å². The van der Waals surface area contributed by atoms with E-state index in [0.29, 0.717) is 34.7 Å². The van der Waals surface area contributed by atoms with Gasteiger partial charge in [0.25, 0.3) is 5.69 Å². The Hall–Kier alpha value is -3.15. The number of fused-ring (bicyclic) bond motifs is 1. The van der Waals surface area contributed by atoms with Gasteiger partial charge in [-0.05, 0) is 31.0 Å². The number of pyridine rings is 1. The predicted octanol–water partition coefficient (Wildman–Crippen LogP) is 4.35. The molecule has 6 heteroatoms. The van der Waals surface area contributed by atoms with Gasteiger partial charge >= 0.3 is 0 Å². The molecule has 0 fully saturated rings. The Kier molecular flexibility index (Phi) is 4.52. The molecule has 1 heterocycles. The van der Waals surface area contributed by atoms with E-state index in [1.54, 1.807) is 0 Å². The number of methoxy groups -OCH3 is 1. The maximum Gasteiger partial charge on any atom is 0.299 e. The van der Waals surface area contributed by atoms with Crippen LogP contribution in [0.15, 0.2) is 42.5 Å². The van der Waals surface area contributed by atoms with Crippen molar-refractivity contribution < 1.29 is 14.4 Å². The van der Waals surface area contributed by atoms with Crippen molar-refractivity contribution in [2.45, 2.75) is 20.5 Å². The Morgan fingerprint density at radius 3 is 2.52 bits per heavy atom. The Labute approximate surface area is 145 Å². The summed E-state index contributed by atoms with van der Waals surface area (Å²) in [6, 6.07) is 12.9. The van der Waals surface area contributed by atoms with Crippen LogP contribution in [0, 0.1) is 24.0 Å². The maximum atomic E-state index is 11.5. The van der Waals surface area contributed by atoms with Gasteiger partial charge in [-0.25, -0.2) is 4.98 Å². The van der Waals surface area contributed by atoms with E-state index < -0.39 is 4.92 Å². The predicted molar refractivity (Wildman–Crippen MR) is 95.2 cm³/mol. The molecule has 0 bridgehead atoms. The number of benzene rings is 2. The Bertz CT molecular complexity index is 939. The standard InChI is InChI=1S/C19H18N2O4/c1-12-9-13(2)20-18-15(21(22)23)10-16(24-3)19(17(12)18)25-11-14-7-5-4-6-8-14/h4-10H,11H2,1-3H3. The van der Waals surface area contributed by atoms with Crippen molar-refractivity contribution in [1.29, 1.82) is 0 Å². The smallest absolute Gasteiger partial charge is 0.299 e. The van der Waals surface area contributed by atoms with E-state index in [4.69, 9.17) is 9.47 Å². The lowest BCUT2D eigenvalue weighted by molar-refractivity contribution is -0.383. The van der Waals surface area contributed by atoms with E-state index in [1.165, 1.54) is 13.2 Å². The monoisotopic (exact) mass is 338 g/mol. The Morgan fingerprint density at radius 2 is 1.88 bits per heavy atom. The highest BCUT2D eigenvalue weighted by Crippen LogP contribution is 2.42. The van der Waals surface area contributed by atoms with Crippen molar-refractivity contribution in [3.63, 3.8) is 0 Å². The Morgan fingerprint density at radius 1 is 1.16 bits per heavy atom. The quantitative estimate of drug-likeness (QED) is 0.511. The number of rotatable bonds is 5. The van der Waals surface area contributed by atoms with Gasteiger partial charge < -0.3 is 9.47 Å². The molecule has 128 valence electrons. The number of hydrogen-bond acceptors (Lipinski definition) is 5. The third-order valence-corrected chi connectivity index (χ3v) is 3.95. The van der Waals surface area contributed by atoms with Gasteiger partial charge in [-0.1, -0.05) is 30.3 Å². The van der Waals surface area contributed by atoms with Gasteiger partial charge in [-0.15, -0.1) is 0 Å². The highest BCUT2D eigenvalue weighted by Gasteiger charge is 2.23. The molecule has 3 aromatic rings. The summed E-state index contributed by atoms with van der Waals surface area (Å²) in [4.78, 5) is 15.4. The van der Waals surface area contributed by atoms with E-state index in [9.17, 15) is 10.1 Å². The van der Waals surface area contributed by atoms with Crippen LogP contribution in [0.1, 0.15) is 16.8 Å². The lowest BCUT2D eigenvalue weighted by atomic mass is 10.1. The van der Waals surface area contributed by atoms with Crippen LogP contribution in [-0.4, -0.2) is 17.0 Å². The lowest BCUT2D eigenvalue weighted by Gasteiger charge is -2.15. The molecular formula is C19H18N2O4. The second-order valence-corrected chi connectivity index (χ2v) is 5.76. The molecule has 6 nitrogen and oxygen atoms in total. The number of hydrogen-bond donors (Lipinski definition) is 0. The zero-order valence-electron chi connectivity index (χ0n) is 14.3. The van der Waals surface area contributed by atoms with E-state index in [2.05, 4.69) is 4.98 Å². The summed E-state index contributed by atoms with van der Waals surface area (Å²) in [6.45, 7) is 4.03. The van der Waals surface area contributed by atoms with Gasteiger partial charge in [-0.3, -0.25) is 10.1 Å². The number of nitro groups is 1. The lowest BCUT2D eigenvalue weighted by Crippen LogP contribution is -2.02. The van der Waals surface area contributed by atoms with Crippen molar-refractivity contribution in [1.82, 2.24) is 4.98 Å². The number of nitro benzene ring substituents is 1.